The molecule has 3 N–H and O–H groups in total. The summed E-state index contributed by atoms with van der Waals surface area (Å²) in [4.78, 5) is 11.3. The summed E-state index contributed by atoms with van der Waals surface area (Å²) in [6.07, 6.45) is 3.89. The maximum Gasteiger partial charge on any atom is 0.408 e. The van der Waals surface area contributed by atoms with E-state index < -0.39 is 19.4 Å². The average Bonchev–Trinajstić information content (AvgIpc) is 3.48. The molecule has 0 aliphatic carbocycles. The number of nitrogens with two attached hydrogens (primary N) is 1. The van der Waals surface area contributed by atoms with Crippen LogP contribution in [0.25, 0.3) is 22.2 Å². The lowest BCUT2D eigenvalue weighted by molar-refractivity contribution is -0.142. The highest BCUT2D eigenvalue weighted by Crippen LogP contribution is 2.34. The molecule has 196 valence electrons. The number of fused-ring (bicyclic) bond motifs is 1. The zero-order chi connectivity index (χ0) is 26.0. The molecule has 5 heterocycles. The van der Waals surface area contributed by atoms with Crippen LogP contribution in [-0.4, -0.2) is 61.5 Å². The summed E-state index contributed by atoms with van der Waals surface area (Å²) in [7, 11) is 0. The van der Waals surface area contributed by atoms with Gasteiger partial charge in [-0.3, -0.25) is 9.07 Å². The Morgan fingerprint density at radius 2 is 1.97 bits per heavy atom. The molecule has 5 rings (SSSR count). The van der Waals surface area contributed by atoms with Gasteiger partial charge in [-0.25, -0.2) is 14.6 Å². The van der Waals surface area contributed by atoms with Crippen LogP contribution in [0.4, 0.5) is 34.9 Å². The van der Waals surface area contributed by atoms with E-state index in [0.29, 0.717) is 47.9 Å². The predicted molar refractivity (Wildman–Crippen MR) is 132 cm³/mol. The van der Waals surface area contributed by atoms with Gasteiger partial charge < -0.3 is 16.0 Å². The van der Waals surface area contributed by atoms with Crippen molar-refractivity contribution in [2.75, 3.05) is 30.0 Å². The Labute approximate surface area is 210 Å². The molecule has 1 aliphatic rings. The largest absolute Gasteiger partial charge is 0.408 e. The molecule has 0 amide bonds. The van der Waals surface area contributed by atoms with Crippen LogP contribution >= 0.6 is 0 Å². The number of piperidine rings is 1. The van der Waals surface area contributed by atoms with Gasteiger partial charge in [-0.1, -0.05) is 0 Å². The first-order valence-corrected chi connectivity index (χ1v) is 12.0. The highest BCUT2D eigenvalue weighted by atomic mass is 19.4. The van der Waals surface area contributed by atoms with Gasteiger partial charge in [-0.15, -0.1) is 0 Å². The van der Waals surface area contributed by atoms with E-state index in [0.717, 1.165) is 35.1 Å². The van der Waals surface area contributed by atoms with Gasteiger partial charge in [0.1, 0.15) is 18.2 Å². The molecule has 0 bridgehead atoms. The fourth-order valence-corrected chi connectivity index (χ4v) is 4.53. The minimum Gasteiger partial charge on any atom is -0.369 e. The molecule has 4 aromatic rings. The number of aromatic nitrogens is 6. The summed E-state index contributed by atoms with van der Waals surface area (Å²) in [6, 6.07) is 5.52. The Morgan fingerprint density at radius 1 is 1.11 bits per heavy atom. The van der Waals surface area contributed by atoms with Crippen LogP contribution in [0.1, 0.15) is 19.3 Å². The minimum atomic E-state index is -4.37. The fourth-order valence-electron chi connectivity index (χ4n) is 4.53. The number of alkyl halides is 4. The molecule has 1 fully saturated rings. The number of aryl methyl sites for hydroxylation is 1. The van der Waals surface area contributed by atoms with E-state index in [9.17, 15) is 17.6 Å². The summed E-state index contributed by atoms with van der Waals surface area (Å²) in [5, 5.41) is 12.2. The Hall–Kier alpha value is -3.74. The molecule has 4 aromatic heterocycles. The van der Waals surface area contributed by atoms with Crippen LogP contribution in [0.5, 0.6) is 0 Å². The van der Waals surface area contributed by atoms with Crippen LogP contribution < -0.4 is 16.0 Å². The topological polar surface area (TPSA) is 103 Å². The Balaban J connectivity index is 1.46. The molecule has 13 heteroatoms. The van der Waals surface area contributed by atoms with Crippen molar-refractivity contribution in [1.82, 2.24) is 29.5 Å². The van der Waals surface area contributed by atoms with Crippen molar-refractivity contribution in [3.8, 4) is 11.1 Å². The van der Waals surface area contributed by atoms with E-state index in [1.54, 1.807) is 23.1 Å². The van der Waals surface area contributed by atoms with Crippen molar-refractivity contribution in [1.29, 1.82) is 0 Å². The van der Waals surface area contributed by atoms with E-state index in [2.05, 4.69) is 30.4 Å². The number of rotatable bonds is 8. The maximum atomic E-state index is 12.9. The summed E-state index contributed by atoms with van der Waals surface area (Å²) in [5.74, 6) is 1.05. The van der Waals surface area contributed by atoms with Crippen LogP contribution in [0, 0.1) is 0 Å². The highest BCUT2D eigenvalue weighted by molar-refractivity contribution is 5.81. The lowest BCUT2D eigenvalue weighted by Crippen LogP contribution is -2.43. The van der Waals surface area contributed by atoms with Gasteiger partial charge in [-0.2, -0.15) is 23.4 Å². The van der Waals surface area contributed by atoms with E-state index >= 15 is 0 Å². The number of hydrogen-bond donors (Lipinski definition) is 2. The smallest absolute Gasteiger partial charge is 0.369 e. The fraction of sp³-hybridized carbons (Fsp3) is 0.417. The Kier molecular flexibility index (Phi) is 6.96. The van der Waals surface area contributed by atoms with Gasteiger partial charge >= 0.3 is 6.18 Å². The first kappa shape index (κ1) is 24.9. The molecular weight excluding hydrogens is 490 g/mol. The summed E-state index contributed by atoms with van der Waals surface area (Å²) >= 11 is 0. The molecule has 1 atom stereocenters. The van der Waals surface area contributed by atoms with Gasteiger partial charge in [-0.05, 0) is 31.4 Å². The molecule has 9 nitrogen and oxygen atoms in total. The van der Waals surface area contributed by atoms with Crippen molar-refractivity contribution in [2.24, 2.45) is 5.73 Å². The highest BCUT2D eigenvalue weighted by Gasteiger charge is 2.29. The van der Waals surface area contributed by atoms with Crippen LogP contribution in [0.3, 0.4) is 0 Å². The Bertz CT molecular complexity index is 1360. The number of pyridine rings is 2. The molecule has 0 radical (unpaired) electrons. The molecule has 37 heavy (non-hydrogen) atoms. The number of hydrogen-bond acceptors (Lipinski definition) is 7. The number of anilines is 3. The van der Waals surface area contributed by atoms with Gasteiger partial charge in [0.25, 0.3) is 0 Å². The molecular formula is C24H27F4N9. The van der Waals surface area contributed by atoms with Crippen molar-refractivity contribution in [3.63, 3.8) is 0 Å². The van der Waals surface area contributed by atoms with Gasteiger partial charge in [0.15, 0.2) is 5.65 Å². The molecule has 0 aromatic carbocycles. The first-order chi connectivity index (χ1) is 17.8. The lowest BCUT2D eigenvalue weighted by Gasteiger charge is -2.34. The summed E-state index contributed by atoms with van der Waals surface area (Å²) in [5.41, 5.74) is 8.86. The van der Waals surface area contributed by atoms with Crippen molar-refractivity contribution < 1.29 is 17.6 Å². The van der Waals surface area contributed by atoms with Crippen molar-refractivity contribution >= 4 is 28.4 Å². The maximum absolute atomic E-state index is 12.9. The standard InChI is InChI=1S/C24H27F4N9/c25-6-2-8-37-23-16(10-32-37)4-5-21(34-23)33-22-9-20(35-7-1-3-18(29)14-35)19(12-30-22)17-11-31-36(13-17)15-24(26,27)28/h4-5,9-13,18H,1-3,6-8,14-15,29H2,(H,30,33,34)/t18-/m0/s1. The van der Waals surface area contributed by atoms with E-state index in [4.69, 9.17) is 5.73 Å². The third-order valence-corrected chi connectivity index (χ3v) is 6.21. The van der Waals surface area contributed by atoms with Crippen molar-refractivity contribution in [2.45, 2.75) is 44.6 Å². The molecule has 1 aliphatic heterocycles. The number of nitrogens with one attached hydrogen (secondary N) is 1. The third kappa shape index (κ3) is 5.82. The molecule has 0 unspecified atom stereocenters. The zero-order valence-electron chi connectivity index (χ0n) is 20.0. The Morgan fingerprint density at radius 3 is 2.76 bits per heavy atom. The quantitative estimate of drug-likeness (QED) is 0.336. The lowest BCUT2D eigenvalue weighted by atomic mass is 10.0. The van der Waals surface area contributed by atoms with Crippen LogP contribution in [0.15, 0.2) is 43.0 Å². The number of halogens is 4. The average molecular weight is 518 g/mol. The third-order valence-electron chi connectivity index (χ3n) is 6.21. The van der Waals surface area contributed by atoms with Gasteiger partial charge in [0.2, 0.25) is 0 Å². The van der Waals surface area contributed by atoms with E-state index in [1.165, 1.54) is 12.4 Å². The van der Waals surface area contributed by atoms with Crippen LogP contribution in [-0.2, 0) is 13.1 Å². The second-order valence-electron chi connectivity index (χ2n) is 9.12. The second kappa shape index (κ2) is 10.3. The first-order valence-electron chi connectivity index (χ1n) is 12.0. The second-order valence-corrected chi connectivity index (χ2v) is 9.12. The summed E-state index contributed by atoms with van der Waals surface area (Å²) in [6.45, 7) is 0.197. The summed E-state index contributed by atoms with van der Waals surface area (Å²) < 4.78 is 53.8. The van der Waals surface area contributed by atoms with E-state index in [-0.39, 0.29) is 6.04 Å². The molecule has 0 saturated carbocycles. The monoisotopic (exact) mass is 517 g/mol. The van der Waals surface area contributed by atoms with Crippen molar-refractivity contribution in [3.05, 3.63) is 43.0 Å². The SMILES string of the molecule is N[C@H]1CCCN(c2cc(Nc3ccc4cnn(CCCF)c4n3)ncc2-c2cnn(CC(F)(F)F)c2)C1. The minimum absolute atomic E-state index is 0.00666. The van der Waals surface area contributed by atoms with E-state index in [1.807, 2.05) is 12.1 Å². The number of nitrogens with zero attached hydrogens (tertiary/aromatic N) is 7. The van der Waals surface area contributed by atoms with Crippen LogP contribution in [0.2, 0.25) is 0 Å². The zero-order valence-corrected chi connectivity index (χ0v) is 20.0. The molecule has 0 spiro atoms. The predicted octanol–water partition coefficient (Wildman–Crippen LogP) is 4.28. The normalized spacial score (nSPS) is 16.5. The van der Waals surface area contributed by atoms with Gasteiger partial charge in [0.05, 0.1) is 19.1 Å². The molecule has 1 saturated heterocycles. The van der Waals surface area contributed by atoms with Gasteiger partial charge in [0, 0.05) is 66.3 Å².